The number of carbonyl (C=O) groups excluding carboxylic acids is 1. The van der Waals surface area contributed by atoms with Crippen molar-refractivity contribution in [2.24, 2.45) is 0 Å². The molecule has 1 amide bonds. The predicted molar refractivity (Wildman–Crippen MR) is 121 cm³/mol. The third-order valence-corrected chi connectivity index (χ3v) is 6.83. The Hall–Kier alpha value is -2.75. The van der Waals surface area contributed by atoms with E-state index in [1.165, 1.54) is 24.3 Å². The average molecular weight is 479 g/mol. The van der Waals surface area contributed by atoms with E-state index < -0.39 is 10.0 Å². The van der Waals surface area contributed by atoms with Crippen LogP contribution >= 0.6 is 11.6 Å². The summed E-state index contributed by atoms with van der Waals surface area (Å²) in [6.45, 7) is 0.485. The molecule has 0 aliphatic carbocycles. The highest BCUT2D eigenvalue weighted by Gasteiger charge is 2.18. The van der Waals surface area contributed by atoms with Gasteiger partial charge in [-0.05, 0) is 43.2 Å². The van der Waals surface area contributed by atoms with Gasteiger partial charge in [-0.3, -0.25) is 9.89 Å². The van der Waals surface area contributed by atoms with Crippen LogP contribution < -0.4 is 4.72 Å². The molecule has 10 heteroatoms. The van der Waals surface area contributed by atoms with E-state index in [1.807, 2.05) is 6.07 Å². The molecule has 0 bridgehead atoms. The summed E-state index contributed by atoms with van der Waals surface area (Å²) >= 11 is 5.93. The number of rotatable bonds is 10. The van der Waals surface area contributed by atoms with Crippen LogP contribution in [-0.2, 0) is 21.2 Å². The molecule has 7 nitrogen and oxygen atoms in total. The highest BCUT2D eigenvalue weighted by Crippen LogP contribution is 2.20. The summed E-state index contributed by atoms with van der Waals surface area (Å²) in [5, 5.41) is 7.27. The van der Waals surface area contributed by atoms with Gasteiger partial charge in [-0.25, -0.2) is 17.5 Å². The fourth-order valence-corrected chi connectivity index (χ4v) is 4.69. The van der Waals surface area contributed by atoms with E-state index >= 15 is 0 Å². The van der Waals surface area contributed by atoms with Crippen LogP contribution in [0.2, 0.25) is 5.02 Å². The zero-order chi connectivity index (χ0) is 23.1. The summed E-state index contributed by atoms with van der Waals surface area (Å²) in [6.07, 6.45) is 1.39. The van der Waals surface area contributed by atoms with E-state index in [0.717, 1.165) is 5.69 Å². The van der Waals surface area contributed by atoms with E-state index in [-0.39, 0.29) is 34.6 Å². The summed E-state index contributed by atoms with van der Waals surface area (Å²) in [5.74, 6) is -0.488. The lowest BCUT2D eigenvalue weighted by Crippen LogP contribution is -2.33. The van der Waals surface area contributed by atoms with Crippen LogP contribution in [0.3, 0.4) is 0 Å². The first-order chi connectivity index (χ1) is 15.3. The van der Waals surface area contributed by atoms with Crippen molar-refractivity contribution in [1.29, 1.82) is 0 Å². The zero-order valence-corrected chi connectivity index (χ0v) is 19.1. The Morgan fingerprint density at radius 3 is 2.72 bits per heavy atom. The second-order valence-corrected chi connectivity index (χ2v) is 9.43. The van der Waals surface area contributed by atoms with Crippen molar-refractivity contribution in [2.75, 3.05) is 20.1 Å². The molecule has 0 unspecified atom stereocenters. The number of sulfonamides is 1. The third-order valence-electron chi connectivity index (χ3n) is 4.87. The van der Waals surface area contributed by atoms with Gasteiger partial charge in [0.2, 0.25) is 15.9 Å². The Kier molecular flexibility index (Phi) is 8.00. The number of hydrogen-bond donors (Lipinski definition) is 2. The molecule has 170 valence electrons. The van der Waals surface area contributed by atoms with Crippen LogP contribution in [0, 0.1) is 5.82 Å². The van der Waals surface area contributed by atoms with Gasteiger partial charge in [-0.2, -0.15) is 5.10 Å². The molecule has 0 saturated heterocycles. The molecular weight excluding hydrogens is 455 g/mol. The van der Waals surface area contributed by atoms with Crippen molar-refractivity contribution in [1.82, 2.24) is 19.8 Å². The van der Waals surface area contributed by atoms with Gasteiger partial charge >= 0.3 is 0 Å². The first-order valence-corrected chi connectivity index (χ1v) is 11.9. The summed E-state index contributed by atoms with van der Waals surface area (Å²) in [7, 11) is -2.10. The maximum Gasteiger partial charge on any atom is 0.242 e. The van der Waals surface area contributed by atoms with Crippen molar-refractivity contribution in [3.8, 4) is 11.3 Å². The molecule has 3 aromatic rings. The minimum atomic E-state index is -3.78. The van der Waals surface area contributed by atoms with E-state index in [2.05, 4.69) is 14.9 Å². The Morgan fingerprint density at radius 1 is 1.19 bits per heavy atom. The Labute approximate surface area is 191 Å². The second kappa shape index (κ2) is 10.7. The maximum atomic E-state index is 13.4. The molecule has 0 spiro atoms. The SMILES string of the molecule is CN(CCCc1cc(-c2cccc(F)c2)n[nH]1)C(=O)CCNS(=O)(=O)c1ccccc1Cl. The number of H-pyrrole nitrogens is 1. The van der Waals surface area contributed by atoms with E-state index in [9.17, 15) is 17.6 Å². The largest absolute Gasteiger partial charge is 0.346 e. The number of benzene rings is 2. The number of nitrogens with zero attached hydrogens (tertiary/aromatic N) is 2. The lowest BCUT2D eigenvalue weighted by Gasteiger charge is -2.17. The number of hydrogen-bond acceptors (Lipinski definition) is 4. The van der Waals surface area contributed by atoms with Gasteiger partial charge < -0.3 is 4.90 Å². The van der Waals surface area contributed by atoms with Crippen molar-refractivity contribution < 1.29 is 17.6 Å². The Balaban J connectivity index is 1.42. The summed E-state index contributed by atoms with van der Waals surface area (Å²) in [4.78, 5) is 13.9. The van der Waals surface area contributed by atoms with Crippen molar-refractivity contribution in [3.05, 3.63) is 71.1 Å². The molecule has 2 N–H and O–H groups in total. The molecular formula is C22H24ClFN4O3S. The van der Waals surface area contributed by atoms with Gasteiger partial charge in [0.05, 0.1) is 10.7 Å². The number of halogens is 2. The fourth-order valence-electron chi connectivity index (χ4n) is 3.14. The molecule has 32 heavy (non-hydrogen) atoms. The quantitative estimate of drug-likeness (QED) is 0.465. The molecule has 1 heterocycles. The molecule has 0 saturated carbocycles. The number of nitrogens with one attached hydrogen (secondary N) is 2. The van der Waals surface area contributed by atoms with Gasteiger partial charge in [0, 0.05) is 37.8 Å². The normalized spacial score (nSPS) is 11.5. The number of aromatic nitrogens is 2. The topological polar surface area (TPSA) is 95.2 Å². The highest BCUT2D eigenvalue weighted by atomic mass is 35.5. The van der Waals surface area contributed by atoms with Crippen LogP contribution in [0.4, 0.5) is 4.39 Å². The van der Waals surface area contributed by atoms with E-state index in [4.69, 9.17) is 11.6 Å². The minimum absolute atomic E-state index is 0.0142. The monoisotopic (exact) mass is 478 g/mol. The van der Waals surface area contributed by atoms with Gasteiger partial charge in [0.25, 0.3) is 0 Å². The number of aromatic amines is 1. The van der Waals surface area contributed by atoms with Crippen LogP contribution in [-0.4, -0.2) is 49.6 Å². The van der Waals surface area contributed by atoms with E-state index in [0.29, 0.717) is 30.6 Å². The molecule has 0 fully saturated rings. The van der Waals surface area contributed by atoms with Crippen molar-refractivity contribution in [3.63, 3.8) is 0 Å². The van der Waals surface area contributed by atoms with Gasteiger partial charge in [-0.1, -0.05) is 35.9 Å². The van der Waals surface area contributed by atoms with E-state index in [1.54, 1.807) is 36.2 Å². The molecule has 0 aliphatic heterocycles. The van der Waals surface area contributed by atoms with Gasteiger partial charge in [-0.15, -0.1) is 0 Å². The molecule has 0 atom stereocenters. The molecule has 2 aromatic carbocycles. The maximum absolute atomic E-state index is 13.4. The second-order valence-electron chi connectivity index (χ2n) is 7.29. The first-order valence-electron chi connectivity index (χ1n) is 10.0. The Bertz CT molecular complexity index is 1180. The smallest absolute Gasteiger partial charge is 0.242 e. The lowest BCUT2D eigenvalue weighted by atomic mass is 10.1. The molecule has 0 aliphatic rings. The zero-order valence-electron chi connectivity index (χ0n) is 17.5. The predicted octanol–water partition coefficient (Wildman–Crippen LogP) is 3.63. The third kappa shape index (κ3) is 6.38. The first kappa shape index (κ1) is 23.9. The molecule has 1 aromatic heterocycles. The molecule has 3 rings (SSSR count). The van der Waals surface area contributed by atoms with Crippen LogP contribution in [0.15, 0.2) is 59.5 Å². The number of amides is 1. The number of aryl methyl sites for hydroxylation is 1. The lowest BCUT2D eigenvalue weighted by molar-refractivity contribution is -0.129. The summed E-state index contributed by atoms with van der Waals surface area (Å²) in [6, 6.07) is 14.2. The number of carbonyl (C=O) groups is 1. The van der Waals surface area contributed by atoms with Gasteiger partial charge in [0.1, 0.15) is 10.7 Å². The summed E-state index contributed by atoms with van der Waals surface area (Å²) < 4.78 is 40.4. The standard InChI is InChI=1S/C22H24ClFN4O3S/c1-28(22(29)11-12-25-32(30,31)21-10-3-2-9-19(21)23)13-5-8-18-15-20(27-26-18)16-6-4-7-17(24)14-16/h2-4,6-7,9-10,14-15,25H,5,8,11-13H2,1H3,(H,26,27). The minimum Gasteiger partial charge on any atom is -0.346 e. The molecule has 0 radical (unpaired) electrons. The van der Waals surface area contributed by atoms with Crippen molar-refractivity contribution >= 4 is 27.5 Å². The highest BCUT2D eigenvalue weighted by molar-refractivity contribution is 7.89. The van der Waals surface area contributed by atoms with Crippen LogP contribution in [0.1, 0.15) is 18.5 Å². The van der Waals surface area contributed by atoms with Crippen molar-refractivity contribution in [2.45, 2.75) is 24.2 Å². The van der Waals surface area contributed by atoms with Gasteiger partial charge in [0.15, 0.2) is 0 Å². The Morgan fingerprint density at radius 2 is 1.97 bits per heavy atom. The summed E-state index contributed by atoms with van der Waals surface area (Å²) in [5.41, 5.74) is 2.24. The average Bonchev–Trinajstić information content (AvgIpc) is 3.22. The van der Waals surface area contributed by atoms with Crippen LogP contribution in [0.25, 0.3) is 11.3 Å². The van der Waals surface area contributed by atoms with Crippen LogP contribution in [0.5, 0.6) is 0 Å². The fraction of sp³-hybridized carbons (Fsp3) is 0.273.